The molecule has 1 heterocycles. The Morgan fingerprint density at radius 2 is 2.15 bits per heavy atom. The summed E-state index contributed by atoms with van der Waals surface area (Å²) in [6, 6.07) is 5.07. The first-order valence-corrected chi connectivity index (χ1v) is 8.33. The van der Waals surface area contributed by atoms with E-state index < -0.39 is 10.0 Å². The van der Waals surface area contributed by atoms with Crippen molar-refractivity contribution in [1.29, 1.82) is 0 Å². The third-order valence-corrected chi connectivity index (χ3v) is 5.85. The normalized spacial score (nSPS) is 20.9. The summed E-state index contributed by atoms with van der Waals surface area (Å²) in [7, 11) is -2.03. The van der Waals surface area contributed by atoms with Crippen molar-refractivity contribution < 1.29 is 13.2 Å². The number of nitrogens with zero attached hydrogens (tertiary/aromatic N) is 1. The summed E-state index contributed by atoms with van der Waals surface area (Å²) in [6.45, 7) is 2.89. The molecular weight excluding hydrogens is 276 g/mol. The molecule has 0 aliphatic carbocycles. The molecule has 1 saturated heterocycles. The average molecular weight is 298 g/mol. The fourth-order valence-corrected chi connectivity index (χ4v) is 4.45. The predicted molar refractivity (Wildman–Crippen MR) is 78.1 cm³/mol. The van der Waals surface area contributed by atoms with Gasteiger partial charge in [-0.1, -0.05) is 12.5 Å². The number of hydrogen-bond acceptors (Lipinski definition) is 4. The number of methoxy groups -OCH3 is 1. The molecule has 0 radical (unpaired) electrons. The van der Waals surface area contributed by atoms with Gasteiger partial charge in [0, 0.05) is 19.1 Å². The quantitative estimate of drug-likeness (QED) is 0.918. The molecule has 2 N–H and O–H groups in total. The molecule has 1 fully saturated rings. The van der Waals surface area contributed by atoms with Crippen molar-refractivity contribution in [3.05, 3.63) is 23.8 Å². The zero-order valence-electron chi connectivity index (χ0n) is 12.0. The predicted octanol–water partition coefficient (Wildman–Crippen LogP) is 1.72. The molecule has 0 amide bonds. The molecule has 112 valence electrons. The second kappa shape index (κ2) is 6.11. The van der Waals surface area contributed by atoms with E-state index in [9.17, 15) is 8.42 Å². The average Bonchev–Trinajstić information content (AvgIpc) is 2.46. The van der Waals surface area contributed by atoms with Gasteiger partial charge >= 0.3 is 0 Å². The Kier molecular flexibility index (Phi) is 4.67. The zero-order valence-corrected chi connectivity index (χ0v) is 12.8. The standard InChI is InChI=1S/C14H22N2O3S/c1-11-5-3-4-8-16(11)20(17,18)14-7-6-12(10-15)9-13(14)19-2/h6-7,9,11H,3-5,8,10,15H2,1-2H3. The highest BCUT2D eigenvalue weighted by Crippen LogP contribution is 2.31. The summed E-state index contributed by atoms with van der Waals surface area (Å²) >= 11 is 0. The Morgan fingerprint density at radius 1 is 1.40 bits per heavy atom. The van der Waals surface area contributed by atoms with Crippen LogP contribution in [0.2, 0.25) is 0 Å². The molecule has 5 nitrogen and oxygen atoms in total. The molecule has 1 unspecified atom stereocenters. The fraction of sp³-hybridized carbons (Fsp3) is 0.571. The minimum atomic E-state index is -3.51. The lowest BCUT2D eigenvalue weighted by atomic mass is 10.1. The van der Waals surface area contributed by atoms with Crippen LogP contribution in [0.4, 0.5) is 0 Å². The summed E-state index contributed by atoms with van der Waals surface area (Å²) in [6.07, 6.45) is 2.89. The second-order valence-corrected chi connectivity index (χ2v) is 7.01. The van der Waals surface area contributed by atoms with Gasteiger partial charge in [0.25, 0.3) is 0 Å². The molecule has 1 aromatic rings. The highest BCUT2D eigenvalue weighted by atomic mass is 32.2. The van der Waals surface area contributed by atoms with Crippen molar-refractivity contribution in [2.24, 2.45) is 5.73 Å². The molecule has 20 heavy (non-hydrogen) atoms. The van der Waals surface area contributed by atoms with Crippen molar-refractivity contribution in [2.45, 2.75) is 43.7 Å². The maximum atomic E-state index is 12.8. The lowest BCUT2D eigenvalue weighted by Gasteiger charge is -2.32. The maximum Gasteiger partial charge on any atom is 0.246 e. The Balaban J connectivity index is 2.43. The molecule has 0 saturated carbocycles. The summed E-state index contributed by atoms with van der Waals surface area (Å²) in [5, 5.41) is 0. The van der Waals surface area contributed by atoms with Gasteiger partial charge in [0.1, 0.15) is 10.6 Å². The maximum absolute atomic E-state index is 12.8. The van der Waals surface area contributed by atoms with Crippen molar-refractivity contribution >= 4 is 10.0 Å². The van der Waals surface area contributed by atoms with E-state index in [0.717, 1.165) is 24.8 Å². The Labute approximate surface area is 120 Å². The van der Waals surface area contributed by atoms with Crippen LogP contribution in [0.3, 0.4) is 0 Å². The van der Waals surface area contributed by atoms with Gasteiger partial charge < -0.3 is 10.5 Å². The van der Waals surface area contributed by atoms with Crippen LogP contribution in [0.5, 0.6) is 5.75 Å². The van der Waals surface area contributed by atoms with Crippen LogP contribution in [0.25, 0.3) is 0 Å². The van der Waals surface area contributed by atoms with E-state index in [-0.39, 0.29) is 10.9 Å². The summed E-state index contributed by atoms with van der Waals surface area (Å²) in [5.41, 5.74) is 6.44. The Morgan fingerprint density at radius 3 is 2.75 bits per heavy atom. The van der Waals surface area contributed by atoms with Gasteiger partial charge in [0.05, 0.1) is 7.11 Å². The molecule has 0 aromatic heterocycles. The van der Waals surface area contributed by atoms with E-state index in [4.69, 9.17) is 10.5 Å². The van der Waals surface area contributed by atoms with Gasteiger partial charge in [0.2, 0.25) is 10.0 Å². The summed E-state index contributed by atoms with van der Waals surface area (Å²) in [5.74, 6) is 0.366. The molecule has 1 atom stereocenters. The number of piperidine rings is 1. The number of ether oxygens (including phenoxy) is 1. The third-order valence-electron chi connectivity index (χ3n) is 3.79. The number of rotatable bonds is 4. The summed E-state index contributed by atoms with van der Waals surface area (Å²) < 4.78 is 32.4. The van der Waals surface area contributed by atoms with Crippen LogP contribution in [-0.4, -0.2) is 32.4 Å². The number of sulfonamides is 1. The highest BCUT2D eigenvalue weighted by molar-refractivity contribution is 7.89. The Bertz CT molecular complexity index is 572. The molecule has 0 spiro atoms. The lowest BCUT2D eigenvalue weighted by Crippen LogP contribution is -2.42. The number of nitrogens with two attached hydrogens (primary N) is 1. The van der Waals surface area contributed by atoms with Gasteiger partial charge in [-0.25, -0.2) is 8.42 Å². The summed E-state index contributed by atoms with van der Waals surface area (Å²) in [4.78, 5) is 0.228. The van der Waals surface area contributed by atoms with E-state index in [0.29, 0.717) is 18.8 Å². The van der Waals surface area contributed by atoms with Gasteiger partial charge in [-0.05, 0) is 37.5 Å². The molecule has 1 aromatic carbocycles. The topological polar surface area (TPSA) is 72.6 Å². The second-order valence-electron chi connectivity index (χ2n) is 5.15. The van der Waals surface area contributed by atoms with E-state index in [1.54, 1.807) is 22.5 Å². The van der Waals surface area contributed by atoms with Crippen molar-refractivity contribution in [3.63, 3.8) is 0 Å². The minimum Gasteiger partial charge on any atom is -0.495 e. The molecule has 1 aliphatic rings. The molecule has 6 heteroatoms. The van der Waals surface area contributed by atoms with Gasteiger partial charge in [-0.2, -0.15) is 4.31 Å². The van der Waals surface area contributed by atoms with Crippen LogP contribution in [0, 0.1) is 0 Å². The SMILES string of the molecule is COc1cc(CN)ccc1S(=O)(=O)N1CCCCC1C. The van der Waals surface area contributed by atoms with Crippen molar-refractivity contribution in [3.8, 4) is 5.75 Å². The third kappa shape index (κ3) is 2.82. The molecule has 2 rings (SSSR count). The largest absolute Gasteiger partial charge is 0.495 e. The number of hydrogen-bond donors (Lipinski definition) is 1. The van der Waals surface area contributed by atoms with Crippen molar-refractivity contribution in [1.82, 2.24) is 4.31 Å². The molecule has 0 bridgehead atoms. The molecular formula is C14H22N2O3S. The zero-order chi connectivity index (χ0) is 14.8. The van der Waals surface area contributed by atoms with E-state index in [2.05, 4.69) is 0 Å². The number of benzene rings is 1. The first-order chi connectivity index (χ1) is 9.50. The van der Waals surface area contributed by atoms with Crippen LogP contribution < -0.4 is 10.5 Å². The van der Waals surface area contributed by atoms with Crippen LogP contribution >= 0.6 is 0 Å². The van der Waals surface area contributed by atoms with E-state index >= 15 is 0 Å². The first kappa shape index (κ1) is 15.3. The van der Waals surface area contributed by atoms with Crippen LogP contribution in [-0.2, 0) is 16.6 Å². The first-order valence-electron chi connectivity index (χ1n) is 6.89. The lowest BCUT2D eigenvalue weighted by molar-refractivity contribution is 0.267. The highest BCUT2D eigenvalue weighted by Gasteiger charge is 2.32. The van der Waals surface area contributed by atoms with Gasteiger partial charge in [-0.15, -0.1) is 0 Å². The van der Waals surface area contributed by atoms with Gasteiger partial charge in [-0.3, -0.25) is 0 Å². The molecule has 1 aliphatic heterocycles. The van der Waals surface area contributed by atoms with E-state index in [1.807, 2.05) is 6.92 Å². The van der Waals surface area contributed by atoms with Gasteiger partial charge in [0.15, 0.2) is 0 Å². The monoisotopic (exact) mass is 298 g/mol. The smallest absolute Gasteiger partial charge is 0.246 e. The minimum absolute atomic E-state index is 0.0349. The van der Waals surface area contributed by atoms with E-state index in [1.165, 1.54) is 7.11 Å². The Hall–Kier alpha value is -1.11. The van der Waals surface area contributed by atoms with Crippen LogP contribution in [0.15, 0.2) is 23.1 Å². The van der Waals surface area contributed by atoms with Crippen LogP contribution in [0.1, 0.15) is 31.7 Å². The van der Waals surface area contributed by atoms with Crippen molar-refractivity contribution in [2.75, 3.05) is 13.7 Å². The fourth-order valence-electron chi connectivity index (χ4n) is 2.61.